The SMILES string of the molecule is COc1ccccc1P(c1ccccc1OC)c1ccc2ccccc2c1-c1c(P(c2ccccc2OC)c2ccccc2OC)ccc2ccccc12. The van der Waals surface area contributed by atoms with Gasteiger partial charge in [-0.15, -0.1) is 0 Å². The summed E-state index contributed by atoms with van der Waals surface area (Å²) in [6.45, 7) is 0. The molecule has 8 aromatic rings. The summed E-state index contributed by atoms with van der Waals surface area (Å²) in [5.41, 5.74) is 2.39. The second-order valence-corrected chi connectivity index (χ2v) is 17.0. The van der Waals surface area contributed by atoms with Crippen molar-refractivity contribution in [2.45, 2.75) is 0 Å². The fourth-order valence-electron chi connectivity index (χ4n) is 7.45. The van der Waals surface area contributed by atoms with Crippen LogP contribution >= 0.6 is 15.8 Å². The summed E-state index contributed by atoms with van der Waals surface area (Å²) in [5, 5.41) is 11.6. The van der Waals surface area contributed by atoms with Crippen LogP contribution in [-0.2, 0) is 0 Å². The minimum absolute atomic E-state index is 0.845. The molecule has 0 atom stereocenters. The van der Waals surface area contributed by atoms with E-state index in [-0.39, 0.29) is 0 Å². The van der Waals surface area contributed by atoms with Crippen molar-refractivity contribution < 1.29 is 18.9 Å². The number of benzene rings is 8. The molecule has 0 heterocycles. The van der Waals surface area contributed by atoms with Crippen molar-refractivity contribution in [2.75, 3.05) is 28.4 Å². The Morgan fingerprint density at radius 1 is 0.278 bits per heavy atom. The van der Waals surface area contributed by atoms with E-state index in [2.05, 4.69) is 146 Å². The maximum atomic E-state index is 6.13. The second-order valence-electron chi connectivity index (χ2n) is 12.7. The molecule has 0 radical (unpaired) electrons. The molecule has 0 N–H and O–H groups in total. The fourth-order valence-corrected chi connectivity index (χ4v) is 12.9. The first-order valence-corrected chi connectivity index (χ1v) is 20.5. The van der Waals surface area contributed by atoms with Gasteiger partial charge in [0.15, 0.2) is 0 Å². The smallest absolute Gasteiger partial charge is 0.127 e. The van der Waals surface area contributed by atoms with Crippen LogP contribution in [-0.4, -0.2) is 28.4 Å². The fraction of sp³-hybridized carbons (Fsp3) is 0.0833. The minimum atomic E-state index is -1.22. The zero-order valence-corrected chi connectivity index (χ0v) is 32.5. The quantitative estimate of drug-likeness (QED) is 0.124. The van der Waals surface area contributed by atoms with Crippen molar-refractivity contribution in [3.8, 4) is 34.1 Å². The average molecular weight is 743 g/mol. The van der Waals surface area contributed by atoms with Crippen molar-refractivity contribution in [3.05, 3.63) is 170 Å². The van der Waals surface area contributed by atoms with E-state index in [0.29, 0.717) is 0 Å². The van der Waals surface area contributed by atoms with Crippen molar-refractivity contribution in [3.63, 3.8) is 0 Å². The third kappa shape index (κ3) is 6.36. The van der Waals surface area contributed by atoms with E-state index in [9.17, 15) is 0 Å². The van der Waals surface area contributed by atoms with E-state index in [1.54, 1.807) is 28.4 Å². The van der Waals surface area contributed by atoms with Crippen LogP contribution in [0.3, 0.4) is 0 Å². The summed E-state index contributed by atoms with van der Waals surface area (Å²) >= 11 is 0. The van der Waals surface area contributed by atoms with Gasteiger partial charge in [0.1, 0.15) is 23.0 Å². The summed E-state index contributed by atoms with van der Waals surface area (Å²) in [4.78, 5) is 0. The van der Waals surface area contributed by atoms with Crippen molar-refractivity contribution in [1.82, 2.24) is 0 Å². The Morgan fingerprint density at radius 3 is 0.870 bits per heavy atom. The van der Waals surface area contributed by atoms with Crippen LogP contribution < -0.4 is 50.8 Å². The Kier molecular flexibility index (Phi) is 10.3. The van der Waals surface area contributed by atoms with Gasteiger partial charge < -0.3 is 18.9 Å². The molecular formula is C48H40O4P2. The summed E-state index contributed by atoms with van der Waals surface area (Å²) in [6, 6.07) is 60.4. The molecule has 0 aromatic heterocycles. The molecule has 54 heavy (non-hydrogen) atoms. The topological polar surface area (TPSA) is 36.9 Å². The molecule has 0 amide bonds. The third-order valence-electron chi connectivity index (χ3n) is 9.85. The van der Waals surface area contributed by atoms with Crippen molar-refractivity contribution >= 4 is 69.2 Å². The summed E-state index contributed by atoms with van der Waals surface area (Å²) < 4.78 is 24.5. The van der Waals surface area contributed by atoms with Gasteiger partial charge in [0, 0.05) is 21.2 Å². The van der Waals surface area contributed by atoms with Crippen molar-refractivity contribution in [1.29, 1.82) is 0 Å². The maximum Gasteiger partial charge on any atom is 0.127 e. The highest BCUT2D eigenvalue weighted by atomic mass is 31.1. The standard InChI is InChI=1S/C48H40O4P2/c1-49-37-21-9-13-25-41(37)53(42-26-14-10-22-38(42)50-2)45-31-29-33-17-5-7-19-35(33)47(45)48-36-20-8-6-18-34(36)30-32-46(48)54(43-27-15-11-23-39(43)51-3)44-28-16-12-24-40(44)52-4/h5-32H,1-4H3. The number of ether oxygens (including phenoxy) is 4. The van der Waals surface area contributed by atoms with E-state index >= 15 is 0 Å². The van der Waals surface area contributed by atoms with E-state index in [4.69, 9.17) is 18.9 Å². The maximum absolute atomic E-state index is 6.13. The van der Waals surface area contributed by atoms with Gasteiger partial charge in [-0.05, 0) is 83.4 Å². The van der Waals surface area contributed by atoms with Gasteiger partial charge in [0.05, 0.1) is 28.4 Å². The van der Waals surface area contributed by atoms with E-state index in [0.717, 1.165) is 44.2 Å². The van der Waals surface area contributed by atoms with E-state index in [1.165, 1.54) is 43.3 Å². The first kappa shape index (κ1) is 35.4. The molecule has 0 unspecified atom stereocenters. The van der Waals surface area contributed by atoms with Crippen LogP contribution in [0.5, 0.6) is 23.0 Å². The molecule has 0 saturated carbocycles. The lowest BCUT2D eigenvalue weighted by Crippen LogP contribution is -2.28. The molecule has 4 nitrogen and oxygen atoms in total. The Balaban J connectivity index is 1.57. The van der Waals surface area contributed by atoms with Gasteiger partial charge in [-0.3, -0.25) is 0 Å². The third-order valence-corrected chi connectivity index (χ3v) is 15.0. The predicted octanol–water partition coefficient (Wildman–Crippen LogP) is 9.21. The van der Waals surface area contributed by atoms with Gasteiger partial charge >= 0.3 is 0 Å². The van der Waals surface area contributed by atoms with Crippen LogP contribution in [0, 0.1) is 0 Å². The highest BCUT2D eigenvalue weighted by Gasteiger charge is 2.32. The molecule has 0 aliphatic heterocycles. The minimum Gasteiger partial charge on any atom is -0.496 e. The summed E-state index contributed by atoms with van der Waals surface area (Å²) in [6.07, 6.45) is 0. The molecule has 8 aromatic carbocycles. The molecule has 0 aliphatic rings. The molecule has 0 saturated heterocycles. The first-order chi connectivity index (χ1) is 26.7. The van der Waals surface area contributed by atoms with Gasteiger partial charge in [-0.2, -0.15) is 0 Å². The van der Waals surface area contributed by atoms with E-state index in [1.807, 2.05) is 24.3 Å². The number of para-hydroxylation sites is 4. The largest absolute Gasteiger partial charge is 0.496 e. The van der Waals surface area contributed by atoms with Gasteiger partial charge in [-0.1, -0.05) is 146 Å². The van der Waals surface area contributed by atoms with Crippen molar-refractivity contribution in [2.24, 2.45) is 0 Å². The molecule has 0 fully saturated rings. The van der Waals surface area contributed by atoms with Gasteiger partial charge in [0.2, 0.25) is 0 Å². The first-order valence-electron chi connectivity index (χ1n) is 17.8. The van der Waals surface area contributed by atoms with Crippen LogP contribution in [0.2, 0.25) is 0 Å². The van der Waals surface area contributed by atoms with Crippen LogP contribution in [0.4, 0.5) is 0 Å². The zero-order valence-electron chi connectivity index (χ0n) is 30.7. The highest BCUT2D eigenvalue weighted by molar-refractivity contribution is 7.81. The molecule has 0 bridgehead atoms. The Hall–Kier alpha value is -5.66. The molecule has 0 aliphatic carbocycles. The molecule has 266 valence electrons. The normalized spacial score (nSPS) is 11.3. The Labute approximate surface area is 319 Å². The molecule has 8 rings (SSSR count). The van der Waals surface area contributed by atoms with E-state index < -0.39 is 15.8 Å². The molecule has 6 heteroatoms. The van der Waals surface area contributed by atoms with Crippen LogP contribution in [0.25, 0.3) is 32.7 Å². The average Bonchev–Trinajstić information content (AvgIpc) is 3.24. The number of methoxy groups -OCH3 is 4. The lowest BCUT2D eigenvalue weighted by Gasteiger charge is -2.30. The van der Waals surface area contributed by atoms with Crippen LogP contribution in [0.1, 0.15) is 0 Å². The monoisotopic (exact) mass is 742 g/mol. The zero-order chi connectivity index (χ0) is 37.0. The predicted molar refractivity (Wildman–Crippen MR) is 231 cm³/mol. The van der Waals surface area contributed by atoms with Gasteiger partial charge in [0.25, 0.3) is 0 Å². The lowest BCUT2D eigenvalue weighted by molar-refractivity contribution is 0.417. The van der Waals surface area contributed by atoms with Gasteiger partial charge in [-0.25, -0.2) is 0 Å². The number of fused-ring (bicyclic) bond motifs is 2. The number of rotatable bonds is 11. The summed E-state index contributed by atoms with van der Waals surface area (Å²) in [5.74, 6) is 3.38. The second kappa shape index (κ2) is 15.7. The lowest BCUT2D eigenvalue weighted by atomic mass is 9.93. The molecule has 0 spiro atoms. The number of hydrogen-bond acceptors (Lipinski definition) is 4. The highest BCUT2D eigenvalue weighted by Crippen LogP contribution is 2.49. The Morgan fingerprint density at radius 2 is 0.556 bits per heavy atom. The summed E-state index contributed by atoms with van der Waals surface area (Å²) in [7, 11) is 4.58. The molecular weight excluding hydrogens is 702 g/mol. The Bertz CT molecular complexity index is 2330. The number of hydrogen-bond donors (Lipinski definition) is 0. The van der Waals surface area contributed by atoms with Crippen LogP contribution in [0.15, 0.2) is 170 Å².